The van der Waals surface area contributed by atoms with Crippen LogP contribution in [0.3, 0.4) is 0 Å². The Morgan fingerprint density at radius 3 is 2.40 bits per heavy atom. The van der Waals surface area contributed by atoms with Crippen molar-refractivity contribution < 1.29 is 25.0 Å². The molecule has 0 fully saturated rings. The minimum Gasteiger partial charge on any atom is -0.413 e. The zero-order valence-corrected chi connectivity index (χ0v) is 12.6. The average molecular weight is 287 g/mol. The second-order valence-electron chi connectivity index (χ2n) is 6.10. The number of hydroxylamine groups is 2. The molecule has 1 rings (SSSR count). The van der Waals surface area contributed by atoms with Crippen LogP contribution in [0.2, 0.25) is 0 Å². The predicted molar refractivity (Wildman–Crippen MR) is 71.0 cm³/mol. The lowest BCUT2D eigenvalue weighted by atomic mass is 10.1. The van der Waals surface area contributed by atoms with Gasteiger partial charge in [0.25, 0.3) is 0 Å². The molecule has 1 atom stereocenters. The zero-order chi connectivity index (χ0) is 15.7. The fourth-order valence-electron chi connectivity index (χ4n) is 2.15. The van der Waals surface area contributed by atoms with Gasteiger partial charge in [-0.15, -0.1) is 10.3 Å². The molecule has 1 unspecified atom stereocenters. The van der Waals surface area contributed by atoms with Crippen molar-refractivity contribution in [3.05, 3.63) is 11.8 Å². The van der Waals surface area contributed by atoms with Crippen molar-refractivity contribution in [3.63, 3.8) is 0 Å². The second kappa shape index (κ2) is 5.69. The molecular weight excluding hydrogens is 264 g/mol. The number of aliphatic hydroxyl groups excluding tert-OH is 2. The molecule has 0 saturated heterocycles. The summed E-state index contributed by atoms with van der Waals surface area (Å²) >= 11 is 0. The fraction of sp³-hybridized carbons (Fsp3) is 0.769. The molecule has 0 spiro atoms. The van der Waals surface area contributed by atoms with Crippen LogP contribution in [0.4, 0.5) is 4.79 Å². The van der Waals surface area contributed by atoms with Crippen LogP contribution >= 0.6 is 0 Å². The molecule has 0 aliphatic carbocycles. The Bertz CT molecular complexity index is 406. The van der Waals surface area contributed by atoms with Gasteiger partial charge in [0.15, 0.2) is 0 Å². The van der Waals surface area contributed by atoms with E-state index in [2.05, 4.69) is 0 Å². The third-order valence-electron chi connectivity index (χ3n) is 3.32. The summed E-state index contributed by atoms with van der Waals surface area (Å²) in [5.74, 6) is 0.285. The molecule has 0 bridgehead atoms. The summed E-state index contributed by atoms with van der Waals surface area (Å²) < 4.78 is 5.25. The molecule has 0 aromatic heterocycles. The number of ether oxygens (including phenoxy) is 1. The summed E-state index contributed by atoms with van der Waals surface area (Å²) in [7, 11) is 1.45. The monoisotopic (exact) mass is 287 g/mol. The van der Waals surface area contributed by atoms with E-state index in [1.54, 1.807) is 33.8 Å². The second-order valence-corrected chi connectivity index (χ2v) is 6.10. The summed E-state index contributed by atoms with van der Waals surface area (Å²) in [5, 5.41) is 31.0. The van der Waals surface area contributed by atoms with E-state index in [0.29, 0.717) is 0 Å². The van der Waals surface area contributed by atoms with Crippen molar-refractivity contribution in [2.24, 2.45) is 0 Å². The normalized spacial score (nSPS) is 22.3. The Morgan fingerprint density at radius 2 is 2.00 bits per heavy atom. The van der Waals surface area contributed by atoms with Crippen LogP contribution in [-0.2, 0) is 9.94 Å². The molecule has 1 radical (unpaired) electrons. The van der Waals surface area contributed by atoms with Crippen LogP contribution < -0.4 is 0 Å². The quantitative estimate of drug-likeness (QED) is 0.786. The number of amides is 1. The number of rotatable bonds is 4. The predicted octanol–water partition coefficient (Wildman–Crippen LogP) is 0.510. The Morgan fingerprint density at radius 1 is 1.45 bits per heavy atom. The number of hydrogen-bond donors (Lipinski definition) is 2. The van der Waals surface area contributed by atoms with Crippen molar-refractivity contribution in [2.45, 2.75) is 44.9 Å². The molecule has 20 heavy (non-hydrogen) atoms. The summed E-state index contributed by atoms with van der Waals surface area (Å²) in [6.07, 6.45) is -0.0812. The standard InChI is InChI=1S/C13H23N2O5/c1-12(2)6-10(13(3,4)15(12)19)20-11(18)14(5)7-9(17)8-16/h6,9,16-17H,7-8H2,1-5H3. The smallest absolute Gasteiger partial charge is 0.413 e. The maximum Gasteiger partial charge on any atom is 0.414 e. The van der Waals surface area contributed by atoms with E-state index in [1.807, 2.05) is 0 Å². The lowest BCUT2D eigenvalue weighted by Gasteiger charge is -2.33. The van der Waals surface area contributed by atoms with Gasteiger partial charge in [0.1, 0.15) is 11.3 Å². The highest BCUT2D eigenvalue weighted by Crippen LogP contribution is 2.39. The van der Waals surface area contributed by atoms with Gasteiger partial charge in [-0.1, -0.05) is 0 Å². The summed E-state index contributed by atoms with van der Waals surface area (Å²) in [5.41, 5.74) is -1.68. The number of carbonyl (C=O) groups excluding carboxylic acids is 1. The molecule has 1 aliphatic heterocycles. The molecular formula is C13H23N2O5. The minimum absolute atomic E-state index is 0.0481. The molecule has 2 N–H and O–H groups in total. The first-order valence-electron chi connectivity index (χ1n) is 6.45. The molecule has 0 saturated carbocycles. The molecule has 0 aromatic carbocycles. The van der Waals surface area contributed by atoms with Crippen LogP contribution in [0.25, 0.3) is 0 Å². The maximum atomic E-state index is 12.1. The fourth-order valence-corrected chi connectivity index (χ4v) is 2.15. The summed E-state index contributed by atoms with van der Waals surface area (Å²) in [6, 6.07) is 0. The van der Waals surface area contributed by atoms with Gasteiger partial charge in [-0.25, -0.2) is 4.79 Å². The molecule has 115 valence electrons. The molecule has 0 aromatic rings. The van der Waals surface area contributed by atoms with E-state index in [0.717, 1.165) is 9.96 Å². The van der Waals surface area contributed by atoms with Crippen molar-refractivity contribution in [1.82, 2.24) is 9.96 Å². The van der Waals surface area contributed by atoms with Crippen LogP contribution in [0.5, 0.6) is 0 Å². The van der Waals surface area contributed by atoms with E-state index in [1.165, 1.54) is 7.05 Å². The highest BCUT2D eigenvalue weighted by molar-refractivity contribution is 5.69. The van der Waals surface area contributed by atoms with Gasteiger partial charge in [-0.05, 0) is 33.8 Å². The Labute approximate surface area is 119 Å². The SMILES string of the molecule is CN(CC(O)CO)C(=O)OC1=CC(C)(C)N([O])C1(C)C. The van der Waals surface area contributed by atoms with Gasteiger partial charge < -0.3 is 19.8 Å². The first-order valence-corrected chi connectivity index (χ1v) is 6.45. The van der Waals surface area contributed by atoms with Gasteiger partial charge in [0.2, 0.25) is 0 Å². The molecule has 1 heterocycles. The lowest BCUT2D eigenvalue weighted by Crippen LogP contribution is -2.47. The van der Waals surface area contributed by atoms with Crippen LogP contribution in [0, 0.1) is 0 Å². The van der Waals surface area contributed by atoms with Gasteiger partial charge in [0.05, 0.1) is 24.8 Å². The van der Waals surface area contributed by atoms with Gasteiger partial charge >= 0.3 is 6.09 Å². The minimum atomic E-state index is -1.02. The molecule has 7 nitrogen and oxygen atoms in total. The third kappa shape index (κ3) is 3.29. The highest BCUT2D eigenvalue weighted by atomic mass is 16.6. The Hall–Kier alpha value is -1.15. The number of aliphatic hydroxyl groups is 2. The van der Waals surface area contributed by atoms with Crippen LogP contribution in [-0.4, -0.2) is 63.7 Å². The lowest BCUT2D eigenvalue weighted by molar-refractivity contribution is -0.242. The topological polar surface area (TPSA) is 93.1 Å². The highest BCUT2D eigenvalue weighted by Gasteiger charge is 2.48. The van der Waals surface area contributed by atoms with Gasteiger partial charge in [-0.2, -0.15) is 0 Å². The molecule has 1 aliphatic rings. The first kappa shape index (κ1) is 16.9. The van der Waals surface area contributed by atoms with E-state index in [9.17, 15) is 15.1 Å². The third-order valence-corrected chi connectivity index (χ3v) is 3.32. The van der Waals surface area contributed by atoms with Gasteiger partial charge in [-0.3, -0.25) is 0 Å². The Balaban J connectivity index is 2.76. The van der Waals surface area contributed by atoms with Crippen molar-refractivity contribution in [2.75, 3.05) is 20.2 Å². The summed E-state index contributed by atoms with van der Waals surface area (Å²) in [6.45, 7) is 6.34. The number of likely N-dealkylation sites (N-methyl/N-ethyl adjacent to an activating group) is 1. The molecule has 1 amide bonds. The summed E-state index contributed by atoms with van der Waals surface area (Å²) in [4.78, 5) is 13.1. The maximum absolute atomic E-state index is 12.1. The van der Waals surface area contributed by atoms with Crippen LogP contribution in [0.1, 0.15) is 27.7 Å². The van der Waals surface area contributed by atoms with Crippen LogP contribution in [0.15, 0.2) is 11.8 Å². The average Bonchev–Trinajstić information content (AvgIpc) is 2.49. The molecule has 7 heteroatoms. The number of hydrogen-bond acceptors (Lipinski definition) is 5. The van der Waals surface area contributed by atoms with Crippen molar-refractivity contribution in [3.8, 4) is 0 Å². The van der Waals surface area contributed by atoms with E-state index in [-0.39, 0.29) is 12.3 Å². The van der Waals surface area contributed by atoms with Crippen molar-refractivity contribution >= 4 is 6.09 Å². The number of carbonyl (C=O) groups is 1. The van der Waals surface area contributed by atoms with Gasteiger partial charge in [0, 0.05) is 7.05 Å². The van der Waals surface area contributed by atoms with E-state index < -0.39 is 29.9 Å². The van der Waals surface area contributed by atoms with E-state index in [4.69, 9.17) is 9.84 Å². The first-order chi connectivity index (χ1) is 9.02. The Kier molecular flexibility index (Phi) is 4.81. The largest absolute Gasteiger partial charge is 0.414 e. The van der Waals surface area contributed by atoms with Crippen molar-refractivity contribution in [1.29, 1.82) is 0 Å². The number of nitrogens with zero attached hydrogens (tertiary/aromatic N) is 2. The zero-order valence-electron chi connectivity index (χ0n) is 12.6. The van der Waals surface area contributed by atoms with E-state index >= 15 is 0 Å².